The molecule has 4 N–H and O–H groups in total. The van der Waals surface area contributed by atoms with E-state index in [0.29, 0.717) is 94.8 Å². The molecule has 1 saturated carbocycles. The normalized spacial score (nSPS) is 19.2. The van der Waals surface area contributed by atoms with Crippen molar-refractivity contribution in [2.45, 2.75) is 194 Å². The number of carboxylic acids is 1. The van der Waals surface area contributed by atoms with E-state index in [-0.39, 0.29) is 106 Å². The zero-order valence-electron chi connectivity index (χ0n) is 56.2. The number of likely N-dealkylation sites (N-methyl/N-ethyl adjacent to an activating group) is 1. The fraction of sp³-hybridized carbons (Fsp3) is 0.778. The van der Waals surface area contributed by atoms with Crippen LogP contribution in [0.2, 0.25) is 0 Å². The molecule has 2 heterocycles. The highest BCUT2D eigenvalue weighted by molar-refractivity contribution is 7.90. The maximum Gasteiger partial charge on any atom is 0.320 e. The number of esters is 3. The van der Waals surface area contributed by atoms with Crippen molar-refractivity contribution in [3.63, 3.8) is 0 Å². The molecule has 0 bridgehead atoms. The molecular formula is C63H108N10O14S. The summed E-state index contributed by atoms with van der Waals surface area (Å²) >= 11 is 0. The van der Waals surface area contributed by atoms with Crippen LogP contribution in [-0.4, -0.2) is 238 Å². The van der Waals surface area contributed by atoms with Crippen LogP contribution in [-0.2, 0) is 64.2 Å². The highest BCUT2D eigenvalue weighted by Gasteiger charge is 2.38. The lowest BCUT2D eigenvalue weighted by molar-refractivity contribution is -0.158. The molecule has 2 aliphatic heterocycles. The number of fused-ring (bicyclic) bond motifs is 1. The summed E-state index contributed by atoms with van der Waals surface area (Å²) in [5, 5.41) is 15.4. The van der Waals surface area contributed by atoms with Gasteiger partial charge in [0, 0.05) is 112 Å². The topological polar surface area (TPSA) is 279 Å². The van der Waals surface area contributed by atoms with E-state index in [9.17, 15) is 47.1 Å². The second kappa shape index (κ2) is 32.9. The van der Waals surface area contributed by atoms with Gasteiger partial charge >= 0.3 is 23.9 Å². The second-order valence-corrected chi connectivity index (χ2v) is 29.6. The first-order valence-electron chi connectivity index (χ1n) is 31.4. The maximum atomic E-state index is 14.5. The van der Waals surface area contributed by atoms with Gasteiger partial charge in [-0.3, -0.25) is 58.2 Å². The molecule has 1 saturated heterocycles. The Morgan fingerprint density at radius 2 is 1.14 bits per heavy atom. The zero-order chi connectivity index (χ0) is 66.1. The molecule has 3 aliphatic rings. The summed E-state index contributed by atoms with van der Waals surface area (Å²) in [6.45, 7) is 28.7. The number of hydrogen-bond donors (Lipinski definition) is 4. The van der Waals surface area contributed by atoms with Gasteiger partial charge in [0.2, 0.25) is 23.7 Å². The number of carbonyl (C=O) groups excluding carboxylic acids is 6. The van der Waals surface area contributed by atoms with E-state index in [1.54, 1.807) is 102 Å². The van der Waals surface area contributed by atoms with E-state index in [1.165, 1.54) is 4.90 Å². The van der Waals surface area contributed by atoms with Crippen LogP contribution in [0.4, 0.5) is 0 Å². The van der Waals surface area contributed by atoms with E-state index >= 15 is 0 Å². The van der Waals surface area contributed by atoms with Gasteiger partial charge in [-0.25, -0.2) is 13.1 Å². The van der Waals surface area contributed by atoms with Gasteiger partial charge in [-0.1, -0.05) is 0 Å². The summed E-state index contributed by atoms with van der Waals surface area (Å²) < 4.78 is 54.8. The Labute approximate surface area is 524 Å². The molecule has 2 fully saturated rings. The lowest BCUT2D eigenvalue weighted by Gasteiger charge is -2.34. The first kappa shape index (κ1) is 74.8. The van der Waals surface area contributed by atoms with E-state index in [2.05, 4.69) is 20.3 Å². The molecule has 1 aliphatic carbocycles. The molecule has 0 unspecified atom stereocenters. The monoisotopic (exact) mass is 1260 g/mol. The van der Waals surface area contributed by atoms with Crippen molar-refractivity contribution in [3.8, 4) is 5.75 Å². The fourth-order valence-corrected chi connectivity index (χ4v) is 12.8. The highest BCUT2D eigenvalue weighted by atomic mass is 32.2. The van der Waals surface area contributed by atoms with Crippen molar-refractivity contribution in [1.29, 1.82) is 0 Å². The number of unbranched alkanes of at least 4 members (excludes halogenated alkanes) is 1. The van der Waals surface area contributed by atoms with E-state index < -0.39 is 68.3 Å². The van der Waals surface area contributed by atoms with Gasteiger partial charge in [0.1, 0.15) is 34.2 Å². The van der Waals surface area contributed by atoms with Crippen molar-refractivity contribution in [3.05, 3.63) is 22.3 Å². The molecule has 4 rings (SSSR count). The summed E-state index contributed by atoms with van der Waals surface area (Å²) in [5.41, 5.74) is 0.0961. The third-order valence-corrected chi connectivity index (χ3v) is 17.3. The van der Waals surface area contributed by atoms with Crippen LogP contribution < -0.4 is 20.1 Å². The minimum Gasteiger partial charge on any atom is -0.487 e. The van der Waals surface area contributed by atoms with Gasteiger partial charge in [-0.2, -0.15) is 0 Å². The SMILES string of the molecule is Cc1c(C)c(S(=O)(=O)NC(=NCCC[C@H](NC(=O)CN2CCN(CC(=O)OC(C)(C)C)CCN(CC(=O)OC(C)(C)C)CCN(CC(=O)OC(C)(C)C)CC2)C(=O)N(C)CCCCC(=O)NCC2CCC(C(=O)O)CC2)N(C)C)c(C)c2c1OC(C)(C)C2. The Bertz CT molecular complexity index is 2660. The molecule has 1 atom stereocenters. The third-order valence-electron chi connectivity index (χ3n) is 15.7. The Morgan fingerprint density at radius 3 is 1.58 bits per heavy atom. The third kappa shape index (κ3) is 26.1. The molecule has 3 amide bonds. The number of aliphatic carboxylic acids is 1. The number of amides is 3. The number of carbonyl (C=O) groups is 7. The molecule has 500 valence electrons. The van der Waals surface area contributed by atoms with Gasteiger partial charge in [0.05, 0.1) is 37.0 Å². The van der Waals surface area contributed by atoms with Gasteiger partial charge in [0.25, 0.3) is 10.0 Å². The number of carboxylic acid groups (broad SMARTS) is 1. The van der Waals surface area contributed by atoms with E-state index in [1.807, 2.05) is 40.4 Å². The number of rotatable bonds is 24. The standard InChI is InChI=1S/C63H108N10O14S/c1-43-44(2)56(45(3)48-37-63(13,14)87-55(43)48)88(82,83)67-59(68(15)16)64-27-20-21-49(57(79)69(17)28-19-18-22-50(74)65-38-46-23-25-47(26-24-46)58(80)81)66-51(75)39-70-29-31-71(40-52(76)84-60(4,5)6)33-35-73(42-54(78)86-62(10,11)12)36-34-72(32-30-70)41-53(77)85-61(7,8)9/h46-47,49H,18-42H2,1-17H3,(H,64,67)(H,65,74)(H,66,75)(H,80,81)/t46?,47?,49-/m0/s1. The Morgan fingerprint density at radius 1 is 0.670 bits per heavy atom. The van der Waals surface area contributed by atoms with Crippen molar-refractivity contribution in [2.24, 2.45) is 16.8 Å². The van der Waals surface area contributed by atoms with Crippen LogP contribution in [0.15, 0.2) is 9.89 Å². The van der Waals surface area contributed by atoms with Crippen LogP contribution in [0.25, 0.3) is 0 Å². The molecule has 0 spiro atoms. The first-order valence-corrected chi connectivity index (χ1v) is 32.8. The van der Waals surface area contributed by atoms with Gasteiger partial charge in [0.15, 0.2) is 0 Å². The summed E-state index contributed by atoms with van der Waals surface area (Å²) in [4.78, 5) is 109. The summed E-state index contributed by atoms with van der Waals surface area (Å²) in [7, 11) is 0.844. The van der Waals surface area contributed by atoms with Gasteiger partial charge < -0.3 is 44.5 Å². The number of nitrogens with zero attached hydrogens (tertiary/aromatic N) is 7. The predicted molar refractivity (Wildman–Crippen MR) is 337 cm³/mol. The molecule has 0 radical (unpaired) electrons. The molecule has 1 aromatic carbocycles. The van der Waals surface area contributed by atoms with Gasteiger partial charge in [-0.15, -0.1) is 0 Å². The molecule has 24 nitrogen and oxygen atoms in total. The van der Waals surface area contributed by atoms with E-state index in [4.69, 9.17) is 18.9 Å². The van der Waals surface area contributed by atoms with Crippen LogP contribution in [0.1, 0.15) is 156 Å². The summed E-state index contributed by atoms with van der Waals surface area (Å²) in [6.07, 6.45) is 4.86. The molecular weight excluding hydrogens is 1150 g/mol. The van der Waals surface area contributed by atoms with Crippen LogP contribution >= 0.6 is 0 Å². The largest absolute Gasteiger partial charge is 0.487 e. The molecule has 88 heavy (non-hydrogen) atoms. The summed E-state index contributed by atoms with van der Waals surface area (Å²) in [6, 6.07) is -1.03. The second-order valence-electron chi connectivity index (χ2n) is 28.0. The molecule has 1 aromatic rings. The fourth-order valence-electron chi connectivity index (χ4n) is 11.1. The number of aliphatic imine (C=N–C) groups is 1. The van der Waals surface area contributed by atoms with Crippen molar-refractivity contribution in [2.75, 3.05) is 119 Å². The van der Waals surface area contributed by atoms with Crippen molar-refractivity contribution in [1.82, 2.24) is 44.8 Å². The van der Waals surface area contributed by atoms with Crippen LogP contribution in [0, 0.1) is 32.6 Å². The maximum absolute atomic E-state index is 14.5. The molecule has 0 aromatic heterocycles. The highest BCUT2D eigenvalue weighted by Crippen LogP contribution is 2.44. The Balaban J connectivity index is 1.58. The minimum atomic E-state index is -4.16. The average Bonchev–Trinajstić information content (AvgIpc) is 1.49. The predicted octanol–water partition coefficient (Wildman–Crippen LogP) is 4.67. The lowest BCUT2D eigenvalue weighted by atomic mass is 9.82. The quantitative estimate of drug-likeness (QED) is 0.0360. The minimum absolute atomic E-state index is 0.0249. The number of ether oxygens (including phenoxy) is 4. The van der Waals surface area contributed by atoms with Crippen LogP contribution in [0.3, 0.4) is 0 Å². The zero-order valence-corrected chi connectivity index (χ0v) is 57.0. The first-order chi connectivity index (χ1) is 40.7. The Kier molecular flexibility index (Phi) is 28.0. The lowest BCUT2D eigenvalue weighted by Crippen LogP contribution is -2.52. The summed E-state index contributed by atoms with van der Waals surface area (Å²) in [5.74, 6) is -2.32. The Hall–Kier alpha value is -5.63. The number of guanidine groups is 1. The average molecular weight is 1260 g/mol. The van der Waals surface area contributed by atoms with Crippen LogP contribution in [0.5, 0.6) is 5.75 Å². The van der Waals surface area contributed by atoms with Crippen molar-refractivity contribution >= 4 is 57.6 Å². The smallest absolute Gasteiger partial charge is 0.320 e. The number of sulfonamides is 1. The van der Waals surface area contributed by atoms with Crippen molar-refractivity contribution < 1.29 is 66.0 Å². The number of benzene rings is 1. The van der Waals surface area contributed by atoms with Gasteiger partial charge in [-0.05, 0) is 171 Å². The number of nitrogens with one attached hydrogen (secondary N) is 3. The number of hydrogen-bond acceptors (Lipinski definition) is 18. The van der Waals surface area contributed by atoms with E-state index in [0.717, 1.165) is 24.0 Å². The molecule has 25 heteroatoms.